The summed E-state index contributed by atoms with van der Waals surface area (Å²) >= 11 is 0. The van der Waals surface area contributed by atoms with E-state index in [-0.39, 0.29) is 6.04 Å². The zero-order valence-electron chi connectivity index (χ0n) is 16.8. The van der Waals surface area contributed by atoms with Gasteiger partial charge in [0.1, 0.15) is 0 Å². The predicted molar refractivity (Wildman–Crippen MR) is 105 cm³/mol. The number of piperazine rings is 1. The lowest BCUT2D eigenvalue weighted by atomic mass is 10.0. The van der Waals surface area contributed by atoms with Crippen LogP contribution in [-0.2, 0) is 17.8 Å². The topological polar surface area (TPSA) is 59.3 Å². The van der Waals surface area contributed by atoms with Gasteiger partial charge in [0, 0.05) is 39.8 Å². The van der Waals surface area contributed by atoms with Crippen molar-refractivity contribution in [2.45, 2.75) is 39.4 Å². The Bertz CT molecular complexity index is 666. The third-order valence-electron chi connectivity index (χ3n) is 5.16. The summed E-state index contributed by atoms with van der Waals surface area (Å²) in [4.78, 5) is 5.09. The van der Waals surface area contributed by atoms with Crippen LogP contribution in [-0.4, -0.2) is 69.9 Å². The van der Waals surface area contributed by atoms with E-state index in [1.807, 2.05) is 4.68 Å². The van der Waals surface area contributed by atoms with Crippen molar-refractivity contribution in [2.24, 2.45) is 5.92 Å². The molecule has 0 spiro atoms. The Morgan fingerprint density at radius 1 is 1.07 bits per heavy atom. The minimum Gasteiger partial charge on any atom is -0.383 e. The molecule has 1 aliphatic heterocycles. The van der Waals surface area contributed by atoms with Crippen LogP contribution in [0.25, 0.3) is 0 Å². The fourth-order valence-electron chi connectivity index (χ4n) is 3.73. The molecule has 0 bridgehead atoms. The Balaban J connectivity index is 1.64. The van der Waals surface area contributed by atoms with E-state index in [2.05, 4.69) is 69.5 Å². The van der Waals surface area contributed by atoms with E-state index in [0.29, 0.717) is 19.1 Å². The van der Waals surface area contributed by atoms with Crippen molar-refractivity contribution in [2.75, 3.05) is 39.9 Å². The molecule has 7 nitrogen and oxygen atoms in total. The summed E-state index contributed by atoms with van der Waals surface area (Å²) in [6.07, 6.45) is 1.06. The Labute approximate surface area is 162 Å². The molecule has 1 aromatic heterocycles. The lowest BCUT2D eigenvalue weighted by Crippen LogP contribution is -2.48. The summed E-state index contributed by atoms with van der Waals surface area (Å²) in [5, 5.41) is 12.5. The Morgan fingerprint density at radius 3 is 2.48 bits per heavy atom. The first kappa shape index (κ1) is 19.9. The predicted octanol–water partition coefficient (Wildman–Crippen LogP) is 2.22. The van der Waals surface area contributed by atoms with Gasteiger partial charge in [0.15, 0.2) is 5.82 Å². The van der Waals surface area contributed by atoms with Gasteiger partial charge in [-0.15, -0.1) is 5.10 Å². The quantitative estimate of drug-likeness (QED) is 0.673. The van der Waals surface area contributed by atoms with Crippen molar-refractivity contribution in [1.82, 2.24) is 30.0 Å². The van der Waals surface area contributed by atoms with E-state index < -0.39 is 0 Å². The average Bonchev–Trinajstić information content (AvgIpc) is 3.14. The van der Waals surface area contributed by atoms with Crippen molar-refractivity contribution < 1.29 is 4.74 Å². The first-order valence-corrected chi connectivity index (χ1v) is 9.92. The summed E-state index contributed by atoms with van der Waals surface area (Å²) in [6, 6.07) is 11.0. The highest BCUT2D eigenvalue weighted by atomic mass is 16.5. The second-order valence-corrected chi connectivity index (χ2v) is 7.70. The minimum absolute atomic E-state index is 0.260. The van der Waals surface area contributed by atoms with Crippen LogP contribution in [0.2, 0.25) is 0 Å². The number of aromatic nitrogens is 4. The summed E-state index contributed by atoms with van der Waals surface area (Å²) < 4.78 is 7.12. The van der Waals surface area contributed by atoms with Gasteiger partial charge in [-0.05, 0) is 28.3 Å². The SMILES string of the molecule is COCCn1nnnc1[C@@H](CC(C)C)N1CCN(Cc2ccccc2)CC1. The highest BCUT2D eigenvalue weighted by Crippen LogP contribution is 2.27. The summed E-state index contributed by atoms with van der Waals surface area (Å²) in [7, 11) is 1.71. The van der Waals surface area contributed by atoms with Crippen LogP contribution >= 0.6 is 0 Å². The number of tetrazole rings is 1. The zero-order chi connectivity index (χ0) is 19.1. The average molecular weight is 373 g/mol. The standard InChI is InChI=1S/C20H32N6O/c1-17(2)15-19(20-21-22-23-26(20)13-14-27-3)25-11-9-24(10-12-25)16-18-7-5-4-6-8-18/h4-8,17,19H,9-16H2,1-3H3/t19-/m1/s1. The molecule has 0 unspecified atom stereocenters. The van der Waals surface area contributed by atoms with Gasteiger partial charge in [-0.1, -0.05) is 44.2 Å². The van der Waals surface area contributed by atoms with Crippen molar-refractivity contribution in [3.05, 3.63) is 41.7 Å². The molecule has 1 saturated heterocycles. The first-order chi connectivity index (χ1) is 13.2. The molecule has 148 valence electrons. The number of nitrogens with zero attached hydrogens (tertiary/aromatic N) is 6. The molecule has 0 amide bonds. The highest BCUT2D eigenvalue weighted by Gasteiger charge is 2.29. The van der Waals surface area contributed by atoms with E-state index in [1.54, 1.807) is 7.11 Å². The lowest BCUT2D eigenvalue weighted by Gasteiger charge is -2.39. The number of hydrogen-bond acceptors (Lipinski definition) is 6. The maximum absolute atomic E-state index is 5.21. The van der Waals surface area contributed by atoms with Crippen LogP contribution in [0.1, 0.15) is 37.7 Å². The normalized spacial score (nSPS) is 17.5. The van der Waals surface area contributed by atoms with E-state index in [0.717, 1.165) is 45.0 Å². The second-order valence-electron chi connectivity index (χ2n) is 7.70. The smallest absolute Gasteiger partial charge is 0.168 e. The van der Waals surface area contributed by atoms with Crippen LogP contribution in [0, 0.1) is 5.92 Å². The Hall–Kier alpha value is -1.83. The molecule has 27 heavy (non-hydrogen) atoms. The Morgan fingerprint density at radius 2 is 1.81 bits per heavy atom. The van der Waals surface area contributed by atoms with Crippen LogP contribution < -0.4 is 0 Å². The number of benzene rings is 1. The van der Waals surface area contributed by atoms with Gasteiger partial charge in [-0.2, -0.15) is 0 Å². The van der Waals surface area contributed by atoms with Gasteiger partial charge in [0.05, 0.1) is 19.2 Å². The molecule has 2 aromatic rings. The molecule has 0 aliphatic carbocycles. The maximum Gasteiger partial charge on any atom is 0.168 e. The first-order valence-electron chi connectivity index (χ1n) is 9.92. The summed E-state index contributed by atoms with van der Waals surface area (Å²) in [5.74, 6) is 1.56. The van der Waals surface area contributed by atoms with Crippen LogP contribution in [0.3, 0.4) is 0 Å². The van der Waals surface area contributed by atoms with Crippen molar-refractivity contribution in [3.8, 4) is 0 Å². The molecule has 3 rings (SSSR count). The van der Waals surface area contributed by atoms with Crippen LogP contribution in [0.4, 0.5) is 0 Å². The zero-order valence-corrected chi connectivity index (χ0v) is 16.8. The van der Waals surface area contributed by atoms with E-state index in [1.165, 1.54) is 5.56 Å². The van der Waals surface area contributed by atoms with E-state index in [9.17, 15) is 0 Å². The monoisotopic (exact) mass is 372 g/mol. The molecule has 0 saturated carbocycles. The summed E-state index contributed by atoms with van der Waals surface area (Å²) in [6.45, 7) is 11.1. The summed E-state index contributed by atoms with van der Waals surface area (Å²) in [5.41, 5.74) is 1.38. The second kappa shape index (κ2) is 9.92. The minimum atomic E-state index is 0.260. The van der Waals surface area contributed by atoms with Gasteiger partial charge in [0.25, 0.3) is 0 Å². The Kier molecular flexibility index (Phi) is 7.32. The molecular weight excluding hydrogens is 340 g/mol. The fourth-order valence-corrected chi connectivity index (χ4v) is 3.73. The maximum atomic E-state index is 5.21. The molecule has 0 N–H and O–H groups in total. The van der Waals surface area contributed by atoms with Crippen molar-refractivity contribution >= 4 is 0 Å². The van der Waals surface area contributed by atoms with Gasteiger partial charge in [0.2, 0.25) is 0 Å². The fraction of sp³-hybridized carbons (Fsp3) is 0.650. The van der Waals surface area contributed by atoms with Crippen molar-refractivity contribution in [1.29, 1.82) is 0 Å². The number of methoxy groups -OCH3 is 1. The van der Waals surface area contributed by atoms with Gasteiger partial charge in [-0.25, -0.2) is 4.68 Å². The highest BCUT2D eigenvalue weighted by molar-refractivity contribution is 5.14. The number of ether oxygens (including phenoxy) is 1. The van der Waals surface area contributed by atoms with Gasteiger partial charge < -0.3 is 4.74 Å². The number of rotatable bonds is 9. The molecule has 1 aliphatic rings. The molecular formula is C20H32N6O. The lowest BCUT2D eigenvalue weighted by molar-refractivity contribution is 0.0757. The molecule has 1 aromatic carbocycles. The van der Waals surface area contributed by atoms with Crippen LogP contribution in [0.5, 0.6) is 0 Å². The van der Waals surface area contributed by atoms with Gasteiger partial charge in [-0.3, -0.25) is 9.80 Å². The third kappa shape index (κ3) is 5.57. The van der Waals surface area contributed by atoms with Crippen LogP contribution in [0.15, 0.2) is 30.3 Å². The largest absolute Gasteiger partial charge is 0.383 e. The molecule has 2 heterocycles. The van der Waals surface area contributed by atoms with E-state index >= 15 is 0 Å². The van der Waals surface area contributed by atoms with E-state index in [4.69, 9.17) is 4.74 Å². The molecule has 0 radical (unpaired) electrons. The van der Waals surface area contributed by atoms with Crippen molar-refractivity contribution in [3.63, 3.8) is 0 Å². The molecule has 7 heteroatoms. The number of hydrogen-bond donors (Lipinski definition) is 0. The van der Waals surface area contributed by atoms with Gasteiger partial charge >= 0.3 is 0 Å². The molecule has 1 atom stereocenters. The molecule has 1 fully saturated rings. The third-order valence-corrected chi connectivity index (χ3v) is 5.16.